The molecule has 2 heterocycles. The molecular formula is C16H20BrN3S. The normalized spacial score (nSPS) is 17.8. The summed E-state index contributed by atoms with van der Waals surface area (Å²) in [5.74, 6) is 1.61. The van der Waals surface area contributed by atoms with Gasteiger partial charge < -0.3 is 5.32 Å². The van der Waals surface area contributed by atoms with E-state index in [-0.39, 0.29) is 0 Å². The molecule has 112 valence electrons. The van der Waals surface area contributed by atoms with E-state index in [1.165, 1.54) is 17.7 Å². The van der Waals surface area contributed by atoms with E-state index in [1.54, 1.807) is 11.3 Å². The third-order valence-corrected chi connectivity index (χ3v) is 5.74. The molecule has 1 N–H and O–H groups in total. The summed E-state index contributed by atoms with van der Waals surface area (Å²) in [6.45, 7) is 6.44. The molecule has 0 radical (unpaired) electrons. The van der Waals surface area contributed by atoms with Gasteiger partial charge in [-0.2, -0.15) is 0 Å². The van der Waals surface area contributed by atoms with Crippen LogP contribution in [-0.4, -0.2) is 23.1 Å². The van der Waals surface area contributed by atoms with Gasteiger partial charge in [-0.15, -0.1) is 11.3 Å². The van der Waals surface area contributed by atoms with Crippen molar-refractivity contribution in [3.05, 3.63) is 32.9 Å². The summed E-state index contributed by atoms with van der Waals surface area (Å²) in [6.07, 6.45) is 3.42. The second-order valence-corrected chi connectivity index (χ2v) is 7.43. The van der Waals surface area contributed by atoms with Crippen LogP contribution in [0.25, 0.3) is 10.7 Å². The number of aryl methyl sites for hydroxylation is 2. The second-order valence-electron chi connectivity index (χ2n) is 5.60. The zero-order chi connectivity index (χ0) is 14.8. The van der Waals surface area contributed by atoms with Crippen LogP contribution in [-0.2, 0) is 12.8 Å². The third-order valence-electron chi connectivity index (χ3n) is 4.05. The van der Waals surface area contributed by atoms with Crippen LogP contribution in [0.3, 0.4) is 0 Å². The zero-order valence-corrected chi connectivity index (χ0v) is 14.9. The summed E-state index contributed by atoms with van der Waals surface area (Å²) in [7, 11) is 0. The van der Waals surface area contributed by atoms with Gasteiger partial charge in [-0.05, 0) is 72.8 Å². The molecular weight excluding hydrogens is 346 g/mol. The Morgan fingerprint density at radius 3 is 3.00 bits per heavy atom. The van der Waals surface area contributed by atoms with Crippen molar-refractivity contribution < 1.29 is 0 Å². The van der Waals surface area contributed by atoms with Gasteiger partial charge in [-0.25, -0.2) is 9.97 Å². The molecule has 1 atom stereocenters. The molecule has 21 heavy (non-hydrogen) atoms. The first-order valence-corrected chi connectivity index (χ1v) is 9.16. The van der Waals surface area contributed by atoms with E-state index in [1.807, 2.05) is 0 Å². The molecule has 1 aliphatic carbocycles. The van der Waals surface area contributed by atoms with Crippen molar-refractivity contribution in [3.8, 4) is 10.7 Å². The topological polar surface area (TPSA) is 37.8 Å². The van der Waals surface area contributed by atoms with Crippen molar-refractivity contribution >= 4 is 27.3 Å². The molecule has 0 fully saturated rings. The average Bonchev–Trinajstić information content (AvgIpc) is 2.92. The van der Waals surface area contributed by atoms with Crippen LogP contribution in [0.15, 0.2) is 15.9 Å². The lowest BCUT2D eigenvalue weighted by atomic mass is 9.85. The molecule has 0 amide bonds. The molecule has 0 aliphatic heterocycles. The molecule has 1 aliphatic rings. The number of aromatic nitrogens is 2. The van der Waals surface area contributed by atoms with Gasteiger partial charge in [-0.3, -0.25) is 0 Å². The van der Waals surface area contributed by atoms with Crippen LogP contribution >= 0.6 is 27.3 Å². The first-order valence-electron chi connectivity index (χ1n) is 7.49. The van der Waals surface area contributed by atoms with Crippen LogP contribution in [0.5, 0.6) is 0 Å². The number of hydrogen-bond donors (Lipinski definition) is 1. The van der Waals surface area contributed by atoms with Gasteiger partial charge in [0.2, 0.25) is 0 Å². The number of nitrogens with zero attached hydrogens (tertiary/aromatic N) is 2. The lowest BCUT2D eigenvalue weighted by molar-refractivity contribution is 0.423. The second kappa shape index (κ2) is 6.55. The standard InChI is InChI=1S/C16H20BrN3S/c1-3-18-8-11-4-5-14-13(6-11)10(2)19-16(20-14)15-7-12(17)9-21-15/h7,9,11,18H,3-6,8H2,1-2H3. The Bertz CT molecular complexity index is 638. The maximum Gasteiger partial charge on any atom is 0.169 e. The zero-order valence-electron chi connectivity index (χ0n) is 12.4. The molecule has 5 heteroatoms. The molecule has 1 unspecified atom stereocenters. The average molecular weight is 366 g/mol. The van der Waals surface area contributed by atoms with Crippen molar-refractivity contribution in [2.24, 2.45) is 5.92 Å². The van der Waals surface area contributed by atoms with E-state index in [0.717, 1.165) is 52.7 Å². The fourth-order valence-electron chi connectivity index (χ4n) is 2.92. The predicted octanol–water partition coefficient (Wildman–Crippen LogP) is 3.99. The number of nitrogens with one attached hydrogen (secondary N) is 1. The van der Waals surface area contributed by atoms with E-state index in [4.69, 9.17) is 9.97 Å². The Kier molecular flexibility index (Phi) is 4.72. The first kappa shape index (κ1) is 15.1. The SMILES string of the molecule is CCNCC1CCc2nc(-c3cc(Br)cs3)nc(C)c2C1. The van der Waals surface area contributed by atoms with Crippen molar-refractivity contribution in [3.63, 3.8) is 0 Å². The summed E-state index contributed by atoms with van der Waals surface area (Å²) in [6, 6.07) is 2.10. The van der Waals surface area contributed by atoms with Crippen molar-refractivity contribution in [1.29, 1.82) is 0 Å². The molecule has 0 saturated heterocycles. The largest absolute Gasteiger partial charge is 0.317 e. The minimum absolute atomic E-state index is 0.724. The Morgan fingerprint density at radius 2 is 2.29 bits per heavy atom. The van der Waals surface area contributed by atoms with Gasteiger partial charge >= 0.3 is 0 Å². The van der Waals surface area contributed by atoms with Crippen LogP contribution < -0.4 is 5.32 Å². The number of halogens is 1. The summed E-state index contributed by atoms with van der Waals surface area (Å²) in [4.78, 5) is 10.7. The van der Waals surface area contributed by atoms with E-state index < -0.39 is 0 Å². The lowest BCUT2D eigenvalue weighted by Crippen LogP contribution is -2.28. The Morgan fingerprint density at radius 1 is 1.43 bits per heavy atom. The monoisotopic (exact) mass is 365 g/mol. The molecule has 2 aromatic heterocycles. The van der Waals surface area contributed by atoms with Crippen LogP contribution in [0.1, 0.15) is 30.3 Å². The predicted molar refractivity (Wildman–Crippen MR) is 91.8 cm³/mol. The quantitative estimate of drug-likeness (QED) is 0.889. The van der Waals surface area contributed by atoms with Crippen molar-refractivity contribution in [2.45, 2.75) is 33.1 Å². The van der Waals surface area contributed by atoms with Gasteiger partial charge in [0.15, 0.2) is 5.82 Å². The minimum atomic E-state index is 0.724. The van der Waals surface area contributed by atoms with Crippen LogP contribution in [0.4, 0.5) is 0 Å². The summed E-state index contributed by atoms with van der Waals surface area (Å²) >= 11 is 5.19. The smallest absolute Gasteiger partial charge is 0.169 e. The summed E-state index contributed by atoms with van der Waals surface area (Å²) in [5.41, 5.74) is 3.79. The number of thiophene rings is 1. The molecule has 3 nitrogen and oxygen atoms in total. The highest BCUT2D eigenvalue weighted by Gasteiger charge is 2.22. The molecule has 2 aromatic rings. The van der Waals surface area contributed by atoms with E-state index in [9.17, 15) is 0 Å². The van der Waals surface area contributed by atoms with Crippen molar-refractivity contribution in [2.75, 3.05) is 13.1 Å². The molecule has 0 saturated carbocycles. The van der Waals surface area contributed by atoms with Crippen LogP contribution in [0.2, 0.25) is 0 Å². The molecule has 0 spiro atoms. The summed E-state index contributed by atoms with van der Waals surface area (Å²) < 4.78 is 1.10. The van der Waals surface area contributed by atoms with Gasteiger partial charge in [0.25, 0.3) is 0 Å². The minimum Gasteiger partial charge on any atom is -0.317 e. The highest BCUT2D eigenvalue weighted by atomic mass is 79.9. The van der Waals surface area contributed by atoms with Crippen LogP contribution in [0, 0.1) is 12.8 Å². The van der Waals surface area contributed by atoms with Gasteiger partial charge in [0.05, 0.1) is 4.88 Å². The van der Waals surface area contributed by atoms with Crippen molar-refractivity contribution in [1.82, 2.24) is 15.3 Å². The Labute approximate surface area is 138 Å². The van der Waals surface area contributed by atoms with E-state index in [2.05, 4.69) is 46.5 Å². The van der Waals surface area contributed by atoms with E-state index >= 15 is 0 Å². The molecule has 0 bridgehead atoms. The maximum atomic E-state index is 4.83. The Hall–Kier alpha value is -0.780. The fourth-order valence-corrected chi connectivity index (χ4v) is 4.28. The van der Waals surface area contributed by atoms with Gasteiger partial charge in [0.1, 0.15) is 0 Å². The number of fused-ring (bicyclic) bond motifs is 1. The molecule has 3 rings (SSSR count). The van der Waals surface area contributed by atoms with E-state index in [0.29, 0.717) is 0 Å². The molecule has 0 aromatic carbocycles. The van der Waals surface area contributed by atoms with Gasteiger partial charge in [0, 0.05) is 21.2 Å². The number of hydrogen-bond acceptors (Lipinski definition) is 4. The Balaban J connectivity index is 1.86. The fraction of sp³-hybridized carbons (Fsp3) is 0.500. The van der Waals surface area contributed by atoms with Gasteiger partial charge in [-0.1, -0.05) is 6.92 Å². The maximum absolute atomic E-state index is 4.83. The lowest BCUT2D eigenvalue weighted by Gasteiger charge is -2.25. The highest BCUT2D eigenvalue weighted by molar-refractivity contribution is 9.10. The summed E-state index contributed by atoms with van der Waals surface area (Å²) in [5, 5.41) is 5.55. The third kappa shape index (κ3) is 3.35. The highest BCUT2D eigenvalue weighted by Crippen LogP contribution is 2.31. The first-order chi connectivity index (χ1) is 10.2. The number of rotatable bonds is 4.